The lowest BCUT2D eigenvalue weighted by Gasteiger charge is -2.10. The van der Waals surface area contributed by atoms with Crippen LogP contribution in [0.4, 0.5) is 5.69 Å². The summed E-state index contributed by atoms with van der Waals surface area (Å²) in [5.74, 6) is -2.42. The van der Waals surface area contributed by atoms with E-state index in [-0.39, 0.29) is 5.71 Å². The van der Waals surface area contributed by atoms with Crippen LogP contribution < -0.4 is 5.32 Å². The molecule has 0 spiro atoms. The molecular weight excluding hydrogens is 258 g/mol. The molecule has 20 heavy (non-hydrogen) atoms. The molecule has 104 valence electrons. The lowest BCUT2D eigenvalue weighted by Crippen LogP contribution is -2.25. The maximum atomic E-state index is 11.9. The Morgan fingerprint density at radius 3 is 2.65 bits per heavy atom. The van der Waals surface area contributed by atoms with Gasteiger partial charge in [-0.05, 0) is 19.1 Å². The number of nitriles is 1. The fourth-order valence-corrected chi connectivity index (χ4v) is 1.59. The maximum absolute atomic E-state index is 11.9. The van der Waals surface area contributed by atoms with E-state index in [2.05, 4.69) is 5.32 Å². The normalized spacial score (nSPS) is 11.1. The van der Waals surface area contributed by atoms with Crippen molar-refractivity contribution in [3.63, 3.8) is 0 Å². The van der Waals surface area contributed by atoms with Crippen LogP contribution in [-0.2, 0) is 9.53 Å². The predicted molar refractivity (Wildman–Crippen MR) is 73.8 cm³/mol. The molecular formula is C14H15N3O3. The molecule has 1 unspecified atom stereocenters. The lowest BCUT2D eigenvalue weighted by molar-refractivity contribution is -0.122. The van der Waals surface area contributed by atoms with Crippen molar-refractivity contribution >= 4 is 23.2 Å². The smallest absolute Gasteiger partial charge is 0.340 e. The largest absolute Gasteiger partial charge is 0.454 e. The number of Topliss-reactive ketones (excluding diaryl/α,β-unsaturated/α-hetero) is 1. The van der Waals surface area contributed by atoms with Crippen molar-refractivity contribution in [3.05, 3.63) is 29.8 Å². The van der Waals surface area contributed by atoms with Crippen LogP contribution in [0.25, 0.3) is 0 Å². The van der Waals surface area contributed by atoms with Gasteiger partial charge in [-0.3, -0.25) is 4.79 Å². The van der Waals surface area contributed by atoms with E-state index in [4.69, 9.17) is 15.4 Å². The number of carbonyl (C=O) groups excluding carboxylic acids is 2. The summed E-state index contributed by atoms with van der Waals surface area (Å²) >= 11 is 0. The van der Waals surface area contributed by atoms with Gasteiger partial charge in [0, 0.05) is 18.4 Å². The number of anilines is 1. The molecule has 1 aromatic rings. The summed E-state index contributed by atoms with van der Waals surface area (Å²) < 4.78 is 4.89. The molecule has 0 fully saturated rings. The summed E-state index contributed by atoms with van der Waals surface area (Å²) in [6.45, 7) is 0.843. The molecule has 2 N–H and O–H groups in total. The van der Waals surface area contributed by atoms with Gasteiger partial charge in [-0.2, -0.15) is 5.26 Å². The molecule has 0 amide bonds. The van der Waals surface area contributed by atoms with Crippen molar-refractivity contribution in [2.45, 2.75) is 6.92 Å². The van der Waals surface area contributed by atoms with Crippen molar-refractivity contribution in [2.75, 3.05) is 19.0 Å². The molecule has 1 aromatic carbocycles. The highest BCUT2D eigenvalue weighted by molar-refractivity contribution is 6.06. The van der Waals surface area contributed by atoms with Crippen molar-refractivity contribution in [2.24, 2.45) is 5.92 Å². The van der Waals surface area contributed by atoms with E-state index >= 15 is 0 Å². The van der Waals surface area contributed by atoms with Crippen LogP contribution in [0, 0.1) is 22.7 Å². The third-order valence-corrected chi connectivity index (χ3v) is 2.65. The minimum Gasteiger partial charge on any atom is -0.454 e. The molecule has 0 bridgehead atoms. The molecule has 1 atom stereocenters. The number of benzene rings is 1. The zero-order chi connectivity index (χ0) is 15.1. The molecule has 0 saturated carbocycles. The van der Waals surface area contributed by atoms with Crippen molar-refractivity contribution in [3.8, 4) is 6.07 Å². The Morgan fingerprint density at radius 2 is 2.10 bits per heavy atom. The standard InChI is InChI=1S/C14H15N3O3/c1-9(16)11(7-15)13(18)8-20-14(19)10-5-3-4-6-12(10)17-2/h3-6,11,16-17H,8H2,1-2H3. The number of para-hydroxylation sites is 1. The molecule has 6 heteroatoms. The van der Waals surface area contributed by atoms with Gasteiger partial charge in [0.1, 0.15) is 5.92 Å². The van der Waals surface area contributed by atoms with E-state index in [9.17, 15) is 9.59 Å². The predicted octanol–water partition coefficient (Wildman–Crippen LogP) is 1.63. The van der Waals surface area contributed by atoms with Crippen molar-refractivity contribution < 1.29 is 14.3 Å². The molecule has 6 nitrogen and oxygen atoms in total. The second kappa shape index (κ2) is 7.04. The second-order valence-electron chi connectivity index (χ2n) is 4.08. The lowest BCUT2D eigenvalue weighted by atomic mass is 10.0. The molecule has 0 saturated heterocycles. The van der Waals surface area contributed by atoms with Gasteiger partial charge >= 0.3 is 5.97 Å². The van der Waals surface area contributed by atoms with Gasteiger partial charge in [0.05, 0.1) is 11.6 Å². The van der Waals surface area contributed by atoms with E-state index in [1.54, 1.807) is 37.4 Å². The molecule has 0 aliphatic carbocycles. The monoisotopic (exact) mass is 273 g/mol. The van der Waals surface area contributed by atoms with Gasteiger partial charge in [-0.1, -0.05) is 12.1 Å². The Labute approximate surface area is 116 Å². The number of hydrogen-bond acceptors (Lipinski definition) is 6. The number of nitrogens with one attached hydrogen (secondary N) is 2. The number of hydrogen-bond donors (Lipinski definition) is 2. The average Bonchev–Trinajstić information content (AvgIpc) is 2.45. The maximum Gasteiger partial charge on any atom is 0.340 e. The zero-order valence-corrected chi connectivity index (χ0v) is 11.3. The zero-order valence-electron chi connectivity index (χ0n) is 11.3. The van der Waals surface area contributed by atoms with Crippen LogP contribution in [0.5, 0.6) is 0 Å². The summed E-state index contributed by atoms with van der Waals surface area (Å²) in [4.78, 5) is 23.5. The molecule has 0 aliphatic rings. The molecule has 0 aliphatic heterocycles. The molecule has 0 aromatic heterocycles. The van der Waals surface area contributed by atoms with Gasteiger partial charge in [0.25, 0.3) is 0 Å². The molecule has 0 heterocycles. The summed E-state index contributed by atoms with van der Waals surface area (Å²) in [6, 6.07) is 8.43. The van der Waals surface area contributed by atoms with Gasteiger partial charge in [-0.25, -0.2) is 4.79 Å². The Bertz CT molecular complexity index is 575. The minimum absolute atomic E-state index is 0.0656. The summed E-state index contributed by atoms with van der Waals surface area (Å²) in [5.41, 5.74) is 0.831. The van der Waals surface area contributed by atoms with Gasteiger partial charge in [0.2, 0.25) is 0 Å². The Balaban J connectivity index is 2.71. The molecule has 0 radical (unpaired) electrons. The van der Waals surface area contributed by atoms with Crippen LogP contribution >= 0.6 is 0 Å². The van der Waals surface area contributed by atoms with Crippen LogP contribution in [0.3, 0.4) is 0 Å². The summed E-state index contributed by atoms with van der Waals surface area (Å²) in [6.07, 6.45) is 0. The number of esters is 1. The van der Waals surface area contributed by atoms with Crippen LogP contribution in [0.2, 0.25) is 0 Å². The highest BCUT2D eigenvalue weighted by atomic mass is 16.5. The highest BCUT2D eigenvalue weighted by Crippen LogP contribution is 2.15. The van der Waals surface area contributed by atoms with E-state index in [1.807, 2.05) is 0 Å². The third kappa shape index (κ3) is 3.65. The first-order chi connectivity index (χ1) is 9.51. The number of nitrogens with zero attached hydrogens (tertiary/aromatic N) is 1. The van der Waals surface area contributed by atoms with Crippen LogP contribution in [0.15, 0.2) is 24.3 Å². The highest BCUT2D eigenvalue weighted by Gasteiger charge is 2.22. The first kappa shape index (κ1) is 15.4. The summed E-state index contributed by atoms with van der Waals surface area (Å²) in [5, 5.41) is 18.9. The fraction of sp³-hybridized carbons (Fsp3) is 0.286. The van der Waals surface area contributed by atoms with E-state index < -0.39 is 24.3 Å². The van der Waals surface area contributed by atoms with E-state index in [0.29, 0.717) is 11.3 Å². The van der Waals surface area contributed by atoms with Crippen molar-refractivity contribution in [1.82, 2.24) is 0 Å². The number of ketones is 1. The Kier molecular flexibility index (Phi) is 5.42. The molecule has 1 rings (SSSR count). The fourth-order valence-electron chi connectivity index (χ4n) is 1.59. The summed E-state index contributed by atoms with van der Waals surface area (Å²) in [7, 11) is 1.67. The quantitative estimate of drug-likeness (QED) is 0.605. The third-order valence-electron chi connectivity index (χ3n) is 2.65. The number of rotatable bonds is 6. The van der Waals surface area contributed by atoms with E-state index in [1.165, 1.54) is 6.92 Å². The first-order valence-corrected chi connectivity index (χ1v) is 5.92. The first-order valence-electron chi connectivity index (χ1n) is 5.92. The van der Waals surface area contributed by atoms with E-state index in [0.717, 1.165) is 0 Å². The SMILES string of the molecule is CNc1ccccc1C(=O)OCC(=O)C(C#N)C(C)=N. The number of carbonyl (C=O) groups is 2. The number of ether oxygens (including phenoxy) is 1. The van der Waals surface area contributed by atoms with Gasteiger partial charge in [0.15, 0.2) is 12.4 Å². The van der Waals surface area contributed by atoms with Gasteiger partial charge in [-0.15, -0.1) is 0 Å². The second-order valence-corrected chi connectivity index (χ2v) is 4.08. The van der Waals surface area contributed by atoms with Gasteiger partial charge < -0.3 is 15.5 Å². The topological polar surface area (TPSA) is 103 Å². The average molecular weight is 273 g/mol. The minimum atomic E-state index is -1.16. The van der Waals surface area contributed by atoms with Crippen molar-refractivity contribution in [1.29, 1.82) is 10.7 Å². The van der Waals surface area contributed by atoms with Crippen LogP contribution in [0.1, 0.15) is 17.3 Å². The Morgan fingerprint density at radius 1 is 1.45 bits per heavy atom. The van der Waals surface area contributed by atoms with Crippen LogP contribution in [-0.4, -0.2) is 31.1 Å². The Hall–Kier alpha value is -2.68.